The van der Waals surface area contributed by atoms with Gasteiger partial charge in [0.25, 0.3) is 0 Å². The van der Waals surface area contributed by atoms with Crippen LogP contribution in [0.1, 0.15) is 46.0 Å². The summed E-state index contributed by atoms with van der Waals surface area (Å²) in [7, 11) is 0. The molecule has 0 saturated heterocycles. The molecule has 0 aromatic heterocycles. The lowest BCUT2D eigenvalue weighted by Gasteiger charge is -2.43. The fourth-order valence-corrected chi connectivity index (χ4v) is 4.36. The number of para-hydroxylation sites is 2. The number of amides is 3. The molecule has 3 rings (SSSR count). The molecule has 2 atom stereocenters. The van der Waals surface area contributed by atoms with E-state index in [0.717, 1.165) is 25.7 Å². The lowest BCUT2D eigenvalue weighted by atomic mass is 9.65. The number of fused-ring (bicyclic) bond motifs is 2. The summed E-state index contributed by atoms with van der Waals surface area (Å²) in [6, 6.07) is 7.32. The van der Waals surface area contributed by atoms with Gasteiger partial charge in [-0.15, -0.1) is 0 Å². The van der Waals surface area contributed by atoms with Gasteiger partial charge in [0.2, 0.25) is 5.91 Å². The van der Waals surface area contributed by atoms with E-state index in [0.29, 0.717) is 23.2 Å². The minimum Gasteiger partial charge on any atom is -0.336 e. The summed E-state index contributed by atoms with van der Waals surface area (Å²) in [5.41, 5.74) is 7.57. The first-order valence-corrected chi connectivity index (χ1v) is 9.67. The van der Waals surface area contributed by atoms with Crippen molar-refractivity contribution in [3.05, 3.63) is 24.3 Å². The molecular formula is C20H30N4O2. The second kappa shape index (κ2) is 8.08. The van der Waals surface area contributed by atoms with Gasteiger partial charge in [-0.25, -0.2) is 4.79 Å². The van der Waals surface area contributed by atoms with Crippen molar-refractivity contribution in [2.45, 2.75) is 58.0 Å². The van der Waals surface area contributed by atoms with Crippen LogP contribution in [0.25, 0.3) is 0 Å². The average Bonchev–Trinajstić information content (AvgIpc) is 2.55. The lowest BCUT2D eigenvalue weighted by molar-refractivity contribution is -0.122. The summed E-state index contributed by atoms with van der Waals surface area (Å²) >= 11 is 0. The molecule has 6 heteroatoms. The van der Waals surface area contributed by atoms with Crippen LogP contribution in [0.5, 0.6) is 0 Å². The molecule has 0 aliphatic heterocycles. The monoisotopic (exact) mass is 358 g/mol. The summed E-state index contributed by atoms with van der Waals surface area (Å²) in [5, 5.41) is 8.62. The largest absolute Gasteiger partial charge is 0.336 e. The molecule has 0 radical (unpaired) electrons. The van der Waals surface area contributed by atoms with E-state index in [-0.39, 0.29) is 29.9 Å². The van der Waals surface area contributed by atoms with Crippen molar-refractivity contribution in [2.75, 3.05) is 10.6 Å². The molecule has 142 valence electrons. The van der Waals surface area contributed by atoms with Gasteiger partial charge in [-0.3, -0.25) is 4.79 Å². The van der Waals surface area contributed by atoms with E-state index in [1.54, 1.807) is 6.07 Å². The zero-order chi connectivity index (χ0) is 18.7. The molecule has 5 N–H and O–H groups in total. The SMILES string of the molecule is CC(C)NC(=O)Nc1ccccc1NC(=O)C1CC2CCCC(C1)C2N. The van der Waals surface area contributed by atoms with Crippen LogP contribution in [0, 0.1) is 17.8 Å². The van der Waals surface area contributed by atoms with Crippen molar-refractivity contribution in [3.8, 4) is 0 Å². The molecule has 6 nitrogen and oxygen atoms in total. The molecule has 2 fully saturated rings. The average molecular weight is 358 g/mol. The van der Waals surface area contributed by atoms with Gasteiger partial charge in [0.05, 0.1) is 11.4 Å². The van der Waals surface area contributed by atoms with E-state index in [2.05, 4.69) is 16.0 Å². The molecule has 2 bridgehead atoms. The number of carbonyl (C=O) groups excluding carboxylic acids is 2. The van der Waals surface area contributed by atoms with Gasteiger partial charge in [0.15, 0.2) is 0 Å². The molecule has 26 heavy (non-hydrogen) atoms. The normalized spacial score (nSPS) is 27.7. The van der Waals surface area contributed by atoms with Crippen LogP contribution in [0.3, 0.4) is 0 Å². The fourth-order valence-electron chi connectivity index (χ4n) is 4.36. The second-order valence-electron chi connectivity index (χ2n) is 7.98. The first-order chi connectivity index (χ1) is 12.4. The van der Waals surface area contributed by atoms with E-state index >= 15 is 0 Å². The smallest absolute Gasteiger partial charge is 0.319 e. The highest BCUT2D eigenvalue weighted by Gasteiger charge is 2.40. The molecule has 2 aliphatic rings. The number of anilines is 2. The van der Waals surface area contributed by atoms with Gasteiger partial charge in [-0.05, 0) is 63.5 Å². The Morgan fingerprint density at radius 3 is 2.19 bits per heavy atom. The zero-order valence-electron chi connectivity index (χ0n) is 15.6. The quantitative estimate of drug-likeness (QED) is 0.665. The number of nitrogens with two attached hydrogens (primary N) is 1. The topological polar surface area (TPSA) is 96.2 Å². The standard InChI is InChI=1S/C20H30N4O2/c1-12(2)22-20(26)24-17-9-4-3-8-16(17)23-19(25)15-10-13-6-5-7-14(11-15)18(13)21/h3-4,8-9,12-15,18H,5-7,10-11,21H2,1-2H3,(H,23,25)(H2,22,24,26). The van der Waals surface area contributed by atoms with E-state index in [1.807, 2.05) is 32.0 Å². The third-order valence-corrected chi connectivity index (χ3v) is 5.64. The van der Waals surface area contributed by atoms with E-state index in [4.69, 9.17) is 5.73 Å². The Kier molecular flexibility index (Phi) is 5.81. The van der Waals surface area contributed by atoms with Crippen molar-refractivity contribution < 1.29 is 9.59 Å². The van der Waals surface area contributed by atoms with Crippen LogP contribution in [-0.2, 0) is 4.79 Å². The number of hydrogen-bond donors (Lipinski definition) is 4. The highest BCUT2D eigenvalue weighted by molar-refractivity contribution is 5.99. The predicted octanol–water partition coefficient (Wildman–Crippen LogP) is 3.31. The van der Waals surface area contributed by atoms with Gasteiger partial charge in [-0.1, -0.05) is 18.6 Å². The molecule has 2 saturated carbocycles. The maximum Gasteiger partial charge on any atom is 0.319 e. The van der Waals surface area contributed by atoms with Crippen LogP contribution in [0.2, 0.25) is 0 Å². The second-order valence-corrected chi connectivity index (χ2v) is 7.98. The number of carbonyl (C=O) groups is 2. The number of hydrogen-bond acceptors (Lipinski definition) is 3. The van der Waals surface area contributed by atoms with Crippen molar-refractivity contribution in [2.24, 2.45) is 23.5 Å². The molecule has 1 aromatic rings. The van der Waals surface area contributed by atoms with Gasteiger partial charge >= 0.3 is 6.03 Å². The third kappa shape index (κ3) is 4.36. The Bertz CT molecular complexity index is 647. The highest BCUT2D eigenvalue weighted by atomic mass is 16.2. The summed E-state index contributed by atoms with van der Waals surface area (Å²) < 4.78 is 0. The number of benzene rings is 1. The molecule has 2 aliphatic carbocycles. The van der Waals surface area contributed by atoms with E-state index < -0.39 is 0 Å². The lowest BCUT2D eigenvalue weighted by Crippen LogP contribution is -2.48. The van der Waals surface area contributed by atoms with Crippen LogP contribution in [-0.4, -0.2) is 24.0 Å². The van der Waals surface area contributed by atoms with Crippen molar-refractivity contribution in [1.82, 2.24) is 5.32 Å². The molecule has 3 amide bonds. The van der Waals surface area contributed by atoms with Gasteiger partial charge in [-0.2, -0.15) is 0 Å². The van der Waals surface area contributed by atoms with Crippen LogP contribution in [0.15, 0.2) is 24.3 Å². The molecular weight excluding hydrogens is 328 g/mol. The Labute approximate surface area is 155 Å². The van der Waals surface area contributed by atoms with Crippen molar-refractivity contribution >= 4 is 23.3 Å². The number of rotatable bonds is 4. The summed E-state index contributed by atoms with van der Waals surface area (Å²) in [4.78, 5) is 24.8. The predicted molar refractivity (Wildman–Crippen MR) is 104 cm³/mol. The maximum atomic E-state index is 12.8. The van der Waals surface area contributed by atoms with Gasteiger partial charge in [0.1, 0.15) is 0 Å². The third-order valence-electron chi connectivity index (χ3n) is 5.64. The summed E-state index contributed by atoms with van der Waals surface area (Å²) in [6.07, 6.45) is 5.23. The van der Waals surface area contributed by atoms with Gasteiger partial charge < -0.3 is 21.7 Å². The Morgan fingerprint density at radius 1 is 1.04 bits per heavy atom. The summed E-state index contributed by atoms with van der Waals surface area (Å²) in [5.74, 6) is 0.960. The number of urea groups is 1. The van der Waals surface area contributed by atoms with Crippen LogP contribution >= 0.6 is 0 Å². The maximum absolute atomic E-state index is 12.8. The van der Waals surface area contributed by atoms with Crippen molar-refractivity contribution in [1.29, 1.82) is 0 Å². The van der Waals surface area contributed by atoms with Crippen LogP contribution < -0.4 is 21.7 Å². The van der Waals surface area contributed by atoms with Crippen molar-refractivity contribution in [3.63, 3.8) is 0 Å². The first kappa shape index (κ1) is 18.7. The zero-order valence-corrected chi connectivity index (χ0v) is 15.6. The highest BCUT2D eigenvalue weighted by Crippen LogP contribution is 2.42. The molecule has 0 spiro atoms. The Morgan fingerprint density at radius 2 is 1.62 bits per heavy atom. The van der Waals surface area contributed by atoms with Gasteiger partial charge in [0, 0.05) is 18.0 Å². The van der Waals surface area contributed by atoms with E-state index in [9.17, 15) is 9.59 Å². The van der Waals surface area contributed by atoms with E-state index in [1.165, 1.54) is 6.42 Å². The van der Waals surface area contributed by atoms with Crippen LogP contribution in [0.4, 0.5) is 16.2 Å². The molecule has 0 heterocycles. The fraction of sp³-hybridized carbons (Fsp3) is 0.600. The minimum atomic E-state index is -0.278. The minimum absolute atomic E-state index is 0.00245. The Balaban J connectivity index is 1.65. The molecule has 2 unspecified atom stereocenters. The summed E-state index contributed by atoms with van der Waals surface area (Å²) in [6.45, 7) is 3.80. The number of nitrogens with one attached hydrogen (secondary N) is 3. The molecule has 1 aromatic carbocycles. The Hall–Kier alpha value is -2.08. The first-order valence-electron chi connectivity index (χ1n) is 9.67.